The summed E-state index contributed by atoms with van der Waals surface area (Å²) in [7, 11) is 2.08. The van der Waals surface area contributed by atoms with E-state index >= 15 is 0 Å². The average Bonchev–Trinajstić information content (AvgIpc) is 3.02. The van der Waals surface area contributed by atoms with Crippen LogP contribution in [0, 0.1) is 11.3 Å². The summed E-state index contributed by atoms with van der Waals surface area (Å²) in [6, 6.07) is 7.63. The van der Waals surface area contributed by atoms with E-state index in [0.29, 0.717) is 23.7 Å². The number of likely N-dealkylation sites (N-methyl/N-ethyl adjacent to an activating group) is 1. The number of benzene rings is 1. The third kappa shape index (κ3) is 4.50. The monoisotopic (exact) mass is 398 g/mol. The SMILES string of the molecule is CCOc1cc(C=Nc2sc3c(c2C#N)CCN(C)C3)ccc1OCC(N)=O. The molecule has 0 saturated heterocycles. The number of amides is 1. The lowest BCUT2D eigenvalue weighted by atomic mass is 10.0. The number of nitriles is 1. The molecule has 0 aliphatic carbocycles. The van der Waals surface area contributed by atoms with Crippen molar-refractivity contribution in [2.75, 3.05) is 26.8 Å². The van der Waals surface area contributed by atoms with Gasteiger partial charge in [-0.05, 0) is 49.7 Å². The Bertz CT molecular complexity index is 946. The molecule has 0 fully saturated rings. The second-order valence-corrected chi connectivity index (χ2v) is 7.52. The molecule has 0 unspecified atom stereocenters. The molecule has 1 aliphatic rings. The molecule has 2 heterocycles. The highest BCUT2D eigenvalue weighted by Gasteiger charge is 2.22. The molecule has 3 rings (SSSR count). The third-order valence-electron chi connectivity index (χ3n) is 4.31. The molecule has 1 aliphatic heterocycles. The fraction of sp³-hybridized carbons (Fsp3) is 0.350. The fourth-order valence-electron chi connectivity index (χ4n) is 3.00. The van der Waals surface area contributed by atoms with E-state index in [1.54, 1.807) is 29.7 Å². The zero-order chi connectivity index (χ0) is 20.1. The molecule has 1 aromatic heterocycles. The third-order valence-corrected chi connectivity index (χ3v) is 5.43. The molecule has 1 aromatic carbocycles. The predicted molar refractivity (Wildman–Crippen MR) is 109 cm³/mol. The van der Waals surface area contributed by atoms with Crippen molar-refractivity contribution in [3.05, 3.63) is 39.8 Å². The molecule has 2 N–H and O–H groups in total. The summed E-state index contributed by atoms with van der Waals surface area (Å²) in [5, 5.41) is 10.3. The molecule has 1 amide bonds. The van der Waals surface area contributed by atoms with Crippen LogP contribution in [0.2, 0.25) is 0 Å². The highest BCUT2D eigenvalue weighted by Crippen LogP contribution is 2.38. The highest BCUT2D eigenvalue weighted by atomic mass is 32.1. The lowest BCUT2D eigenvalue weighted by Crippen LogP contribution is -2.25. The van der Waals surface area contributed by atoms with Crippen LogP contribution in [0.4, 0.5) is 5.00 Å². The number of ether oxygens (including phenoxy) is 2. The molecule has 146 valence electrons. The van der Waals surface area contributed by atoms with Crippen molar-refractivity contribution in [1.82, 2.24) is 4.90 Å². The Labute approximate surface area is 168 Å². The van der Waals surface area contributed by atoms with Crippen LogP contribution >= 0.6 is 11.3 Å². The lowest BCUT2D eigenvalue weighted by Gasteiger charge is -2.21. The number of thiophene rings is 1. The minimum atomic E-state index is -0.551. The minimum Gasteiger partial charge on any atom is -0.490 e. The molecule has 0 bridgehead atoms. The number of aliphatic imine (C=N–C) groups is 1. The first-order valence-corrected chi connectivity index (χ1v) is 9.78. The number of fused-ring (bicyclic) bond motifs is 1. The summed E-state index contributed by atoms with van der Waals surface area (Å²) >= 11 is 1.57. The van der Waals surface area contributed by atoms with Crippen molar-refractivity contribution in [2.45, 2.75) is 19.9 Å². The van der Waals surface area contributed by atoms with Crippen LogP contribution in [-0.4, -0.2) is 43.8 Å². The normalized spacial score (nSPS) is 13.9. The van der Waals surface area contributed by atoms with E-state index in [4.69, 9.17) is 15.2 Å². The van der Waals surface area contributed by atoms with Gasteiger partial charge >= 0.3 is 0 Å². The van der Waals surface area contributed by atoms with Crippen molar-refractivity contribution in [3.8, 4) is 17.6 Å². The van der Waals surface area contributed by atoms with Gasteiger partial charge in [0, 0.05) is 24.2 Å². The van der Waals surface area contributed by atoms with Gasteiger partial charge in [-0.25, -0.2) is 4.99 Å². The van der Waals surface area contributed by atoms with Crippen molar-refractivity contribution >= 4 is 28.5 Å². The van der Waals surface area contributed by atoms with Gasteiger partial charge in [0.25, 0.3) is 5.91 Å². The Hall–Kier alpha value is -2.89. The molecule has 8 heteroatoms. The maximum atomic E-state index is 10.9. The first kappa shape index (κ1) is 19.9. The van der Waals surface area contributed by atoms with Crippen LogP contribution in [0.3, 0.4) is 0 Å². The quantitative estimate of drug-likeness (QED) is 0.723. The number of hydrogen-bond acceptors (Lipinski definition) is 7. The molecule has 28 heavy (non-hydrogen) atoms. The van der Waals surface area contributed by atoms with E-state index in [9.17, 15) is 10.1 Å². The number of nitrogens with zero attached hydrogens (tertiary/aromatic N) is 3. The summed E-state index contributed by atoms with van der Waals surface area (Å²) in [6.07, 6.45) is 2.59. The average molecular weight is 398 g/mol. The predicted octanol–water partition coefficient (Wildman–Crippen LogP) is 2.62. The van der Waals surface area contributed by atoms with Crippen LogP contribution in [-0.2, 0) is 17.8 Å². The molecule has 0 spiro atoms. The van der Waals surface area contributed by atoms with Crippen LogP contribution < -0.4 is 15.2 Å². The van der Waals surface area contributed by atoms with E-state index in [1.165, 1.54) is 4.88 Å². The van der Waals surface area contributed by atoms with Gasteiger partial charge in [0.2, 0.25) is 0 Å². The number of nitrogens with two attached hydrogens (primary N) is 1. The summed E-state index contributed by atoms with van der Waals surface area (Å²) in [6.45, 7) is 3.91. The number of rotatable bonds is 7. The van der Waals surface area contributed by atoms with Crippen molar-refractivity contribution in [1.29, 1.82) is 5.26 Å². The Morgan fingerprint density at radius 1 is 1.43 bits per heavy atom. The summed E-state index contributed by atoms with van der Waals surface area (Å²) in [5.41, 5.74) is 7.74. The summed E-state index contributed by atoms with van der Waals surface area (Å²) in [4.78, 5) is 19.0. The molecular weight excluding hydrogens is 376 g/mol. The Kier molecular flexibility index (Phi) is 6.29. The fourth-order valence-corrected chi connectivity index (χ4v) is 4.22. The number of carbonyl (C=O) groups is 1. The number of carbonyl (C=O) groups excluding carboxylic acids is 1. The van der Waals surface area contributed by atoms with Gasteiger partial charge in [-0.1, -0.05) is 0 Å². The maximum Gasteiger partial charge on any atom is 0.255 e. The Morgan fingerprint density at radius 3 is 2.96 bits per heavy atom. The molecule has 0 atom stereocenters. The van der Waals surface area contributed by atoms with Gasteiger partial charge in [0.15, 0.2) is 18.1 Å². The number of primary amides is 1. The first-order chi connectivity index (χ1) is 13.5. The van der Waals surface area contributed by atoms with E-state index in [1.807, 2.05) is 13.0 Å². The second-order valence-electron chi connectivity index (χ2n) is 6.44. The van der Waals surface area contributed by atoms with Crippen LogP contribution in [0.15, 0.2) is 23.2 Å². The van der Waals surface area contributed by atoms with Crippen molar-refractivity contribution < 1.29 is 14.3 Å². The molecule has 2 aromatic rings. The molecule has 0 radical (unpaired) electrons. The maximum absolute atomic E-state index is 10.9. The van der Waals surface area contributed by atoms with Crippen LogP contribution in [0.5, 0.6) is 11.5 Å². The van der Waals surface area contributed by atoms with Gasteiger partial charge in [0.1, 0.15) is 11.1 Å². The molecule has 0 saturated carbocycles. The summed E-state index contributed by atoms with van der Waals surface area (Å²) in [5.74, 6) is 0.412. The van der Waals surface area contributed by atoms with Crippen molar-refractivity contribution in [3.63, 3.8) is 0 Å². The van der Waals surface area contributed by atoms with E-state index in [-0.39, 0.29) is 6.61 Å². The van der Waals surface area contributed by atoms with Gasteiger partial charge < -0.3 is 20.1 Å². The van der Waals surface area contributed by atoms with E-state index in [2.05, 4.69) is 23.0 Å². The lowest BCUT2D eigenvalue weighted by molar-refractivity contribution is -0.119. The van der Waals surface area contributed by atoms with E-state index in [0.717, 1.165) is 35.6 Å². The van der Waals surface area contributed by atoms with Crippen LogP contribution in [0.1, 0.15) is 28.5 Å². The Morgan fingerprint density at radius 2 is 2.25 bits per heavy atom. The number of hydrogen-bond donors (Lipinski definition) is 1. The highest BCUT2D eigenvalue weighted by molar-refractivity contribution is 7.16. The zero-order valence-electron chi connectivity index (χ0n) is 15.9. The largest absolute Gasteiger partial charge is 0.490 e. The first-order valence-electron chi connectivity index (χ1n) is 8.97. The minimum absolute atomic E-state index is 0.214. The second kappa shape index (κ2) is 8.87. The van der Waals surface area contributed by atoms with Gasteiger partial charge in [-0.2, -0.15) is 5.26 Å². The molecule has 7 nitrogen and oxygen atoms in total. The van der Waals surface area contributed by atoms with Gasteiger partial charge in [0.05, 0.1) is 12.2 Å². The van der Waals surface area contributed by atoms with E-state index < -0.39 is 5.91 Å². The smallest absolute Gasteiger partial charge is 0.255 e. The topological polar surface area (TPSA) is 101 Å². The van der Waals surface area contributed by atoms with Gasteiger partial charge in [-0.15, -0.1) is 11.3 Å². The standard InChI is InChI=1S/C20H22N4O3S/c1-3-26-17-8-13(4-5-16(17)27-12-19(22)25)10-23-20-15(9-21)14-6-7-24(2)11-18(14)28-20/h4-5,8,10H,3,6-7,11-12H2,1-2H3,(H2,22,25). The van der Waals surface area contributed by atoms with Crippen molar-refractivity contribution in [2.24, 2.45) is 10.7 Å². The zero-order valence-corrected chi connectivity index (χ0v) is 16.7. The van der Waals surface area contributed by atoms with Gasteiger partial charge in [-0.3, -0.25) is 4.79 Å². The summed E-state index contributed by atoms with van der Waals surface area (Å²) < 4.78 is 11.0. The van der Waals surface area contributed by atoms with Crippen LogP contribution in [0.25, 0.3) is 0 Å². The Balaban J connectivity index is 1.85. The molecular formula is C20H22N4O3S.